The first-order valence-corrected chi connectivity index (χ1v) is 10.1. The summed E-state index contributed by atoms with van der Waals surface area (Å²) in [6.07, 6.45) is 7.74. The third kappa shape index (κ3) is 5.42. The maximum absolute atomic E-state index is 6.10. The van der Waals surface area contributed by atoms with Gasteiger partial charge in [0.2, 0.25) is 5.88 Å². The van der Waals surface area contributed by atoms with Gasteiger partial charge in [0.05, 0.1) is 10.7 Å². The lowest BCUT2D eigenvalue weighted by molar-refractivity contribution is 0.199. The Morgan fingerprint density at radius 2 is 2.19 bits per heavy atom. The summed E-state index contributed by atoms with van der Waals surface area (Å²) in [4.78, 5) is 13.2. The van der Waals surface area contributed by atoms with Crippen LogP contribution in [0.25, 0.3) is 0 Å². The van der Waals surface area contributed by atoms with Gasteiger partial charge in [-0.15, -0.1) is 11.3 Å². The number of nitrogens with zero attached hydrogens (tertiary/aromatic N) is 3. The number of thiazole rings is 1. The minimum Gasteiger partial charge on any atom is -0.474 e. The molecule has 0 aliphatic heterocycles. The van der Waals surface area contributed by atoms with Crippen LogP contribution in [0.15, 0.2) is 28.7 Å². The van der Waals surface area contributed by atoms with E-state index in [2.05, 4.69) is 37.0 Å². The fraction of sp³-hybridized carbons (Fsp3) is 0.526. The van der Waals surface area contributed by atoms with E-state index >= 15 is 0 Å². The molecule has 6 nitrogen and oxygen atoms in total. The van der Waals surface area contributed by atoms with Crippen molar-refractivity contribution in [3.8, 4) is 5.88 Å². The van der Waals surface area contributed by atoms with Gasteiger partial charge in [-0.1, -0.05) is 6.07 Å². The Morgan fingerprint density at radius 1 is 1.35 bits per heavy atom. The largest absolute Gasteiger partial charge is 0.474 e. The molecular weight excluding hydrogens is 346 g/mol. The quantitative estimate of drug-likeness (QED) is 0.576. The average molecular weight is 374 g/mol. The molecule has 0 aromatic carbocycles. The molecule has 2 aromatic heterocycles. The van der Waals surface area contributed by atoms with Gasteiger partial charge in [-0.2, -0.15) is 0 Å². The standard InChI is InChI=1S/C19H27N5OS/c1-14-24-16(13-26-14)9-11-22-19(20-2)23-12-15-6-5-10-21-18(15)25-17-7-3-4-8-17/h5-6,10,13,17H,3-4,7-9,11-12H2,1-2H3,(H2,20,22,23). The first-order valence-electron chi connectivity index (χ1n) is 9.20. The topological polar surface area (TPSA) is 71.4 Å². The number of rotatable bonds is 7. The number of ether oxygens (including phenoxy) is 1. The van der Waals surface area contributed by atoms with Crippen LogP contribution in [-0.2, 0) is 13.0 Å². The Hall–Kier alpha value is -2.15. The lowest BCUT2D eigenvalue weighted by atomic mass is 10.2. The Kier molecular flexibility index (Phi) is 6.82. The van der Waals surface area contributed by atoms with Crippen LogP contribution >= 0.6 is 11.3 Å². The minimum absolute atomic E-state index is 0.308. The number of aromatic nitrogens is 2. The van der Waals surface area contributed by atoms with Crippen LogP contribution < -0.4 is 15.4 Å². The van der Waals surface area contributed by atoms with Crippen molar-refractivity contribution in [1.29, 1.82) is 0 Å². The van der Waals surface area contributed by atoms with Crippen molar-refractivity contribution < 1.29 is 4.74 Å². The third-order valence-electron chi connectivity index (χ3n) is 4.44. The molecule has 140 valence electrons. The highest BCUT2D eigenvalue weighted by Crippen LogP contribution is 2.24. The van der Waals surface area contributed by atoms with Crippen LogP contribution in [0.1, 0.15) is 41.9 Å². The fourth-order valence-corrected chi connectivity index (χ4v) is 3.71. The van der Waals surface area contributed by atoms with Crippen molar-refractivity contribution in [2.75, 3.05) is 13.6 Å². The summed E-state index contributed by atoms with van der Waals surface area (Å²) in [5, 5.41) is 9.89. The summed E-state index contributed by atoms with van der Waals surface area (Å²) in [5.74, 6) is 1.51. The van der Waals surface area contributed by atoms with Crippen molar-refractivity contribution in [3.05, 3.63) is 40.0 Å². The summed E-state index contributed by atoms with van der Waals surface area (Å²) in [5.41, 5.74) is 2.17. The van der Waals surface area contributed by atoms with E-state index in [0.717, 1.165) is 53.9 Å². The van der Waals surface area contributed by atoms with E-state index in [1.54, 1.807) is 24.6 Å². The van der Waals surface area contributed by atoms with Crippen molar-refractivity contribution in [3.63, 3.8) is 0 Å². The molecule has 0 radical (unpaired) electrons. The van der Waals surface area contributed by atoms with Gasteiger partial charge in [0.25, 0.3) is 0 Å². The number of aliphatic imine (C=N–C) groups is 1. The molecular formula is C19H27N5OS. The highest BCUT2D eigenvalue weighted by molar-refractivity contribution is 7.09. The Bertz CT molecular complexity index is 724. The van der Waals surface area contributed by atoms with Gasteiger partial charge in [0, 0.05) is 43.7 Å². The zero-order valence-electron chi connectivity index (χ0n) is 15.5. The number of guanidine groups is 1. The third-order valence-corrected chi connectivity index (χ3v) is 5.26. The van der Waals surface area contributed by atoms with E-state index in [-0.39, 0.29) is 0 Å². The predicted octanol–water partition coefficient (Wildman–Crippen LogP) is 3.08. The Labute approximate surface area is 159 Å². The van der Waals surface area contributed by atoms with Gasteiger partial charge in [0.1, 0.15) is 6.10 Å². The van der Waals surface area contributed by atoms with Gasteiger partial charge >= 0.3 is 0 Å². The monoisotopic (exact) mass is 373 g/mol. The maximum atomic E-state index is 6.10. The summed E-state index contributed by atoms with van der Waals surface area (Å²) in [6, 6.07) is 3.99. The zero-order chi connectivity index (χ0) is 18.2. The van der Waals surface area contributed by atoms with Gasteiger partial charge in [0.15, 0.2) is 5.96 Å². The number of nitrogens with one attached hydrogen (secondary N) is 2. The van der Waals surface area contributed by atoms with Crippen molar-refractivity contribution in [1.82, 2.24) is 20.6 Å². The molecule has 0 unspecified atom stereocenters. The highest BCUT2D eigenvalue weighted by atomic mass is 32.1. The molecule has 0 saturated heterocycles. The van der Waals surface area contributed by atoms with E-state index in [0.29, 0.717) is 12.6 Å². The Morgan fingerprint density at radius 3 is 2.92 bits per heavy atom. The molecule has 26 heavy (non-hydrogen) atoms. The van der Waals surface area contributed by atoms with Crippen molar-refractivity contribution >= 4 is 17.3 Å². The van der Waals surface area contributed by atoms with Gasteiger partial charge in [-0.3, -0.25) is 4.99 Å². The van der Waals surface area contributed by atoms with E-state index < -0.39 is 0 Å². The zero-order valence-corrected chi connectivity index (χ0v) is 16.3. The summed E-state index contributed by atoms with van der Waals surface area (Å²) >= 11 is 1.69. The molecule has 0 bridgehead atoms. The summed E-state index contributed by atoms with van der Waals surface area (Å²) < 4.78 is 6.10. The second-order valence-electron chi connectivity index (χ2n) is 6.45. The fourth-order valence-electron chi connectivity index (χ4n) is 3.06. The van der Waals surface area contributed by atoms with Crippen LogP contribution in [-0.4, -0.2) is 35.6 Å². The number of hydrogen-bond acceptors (Lipinski definition) is 5. The highest BCUT2D eigenvalue weighted by Gasteiger charge is 2.18. The van der Waals surface area contributed by atoms with E-state index in [1.165, 1.54) is 12.8 Å². The van der Waals surface area contributed by atoms with Crippen molar-refractivity contribution in [2.45, 2.75) is 51.7 Å². The average Bonchev–Trinajstić information content (AvgIpc) is 3.31. The predicted molar refractivity (Wildman–Crippen MR) is 106 cm³/mol. The van der Waals surface area contributed by atoms with Gasteiger partial charge in [-0.05, 0) is 38.7 Å². The van der Waals surface area contributed by atoms with Crippen LogP contribution in [0.4, 0.5) is 0 Å². The lowest BCUT2D eigenvalue weighted by Gasteiger charge is -2.16. The number of aryl methyl sites for hydroxylation is 1. The van der Waals surface area contributed by atoms with E-state index in [4.69, 9.17) is 4.74 Å². The molecule has 3 rings (SSSR count). The SMILES string of the molecule is CN=C(NCCc1csc(C)n1)NCc1cccnc1OC1CCCC1. The molecule has 1 aliphatic carbocycles. The van der Waals surface area contributed by atoms with E-state index in [1.807, 2.05) is 13.0 Å². The van der Waals surface area contributed by atoms with Crippen LogP contribution in [0.3, 0.4) is 0 Å². The molecule has 0 amide bonds. The van der Waals surface area contributed by atoms with Gasteiger partial charge < -0.3 is 15.4 Å². The molecule has 2 aromatic rings. The Balaban J connectivity index is 1.48. The number of pyridine rings is 1. The lowest BCUT2D eigenvalue weighted by Crippen LogP contribution is -2.38. The smallest absolute Gasteiger partial charge is 0.218 e. The summed E-state index contributed by atoms with van der Waals surface area (Å²) in [7, 11) is 1.78. The van der Waals surface area contributed by atoms with Crippen molar-refractivity contribution in [2.24, 2.45) is 4.99 Å². The van der Waals surface area contributed by atoms with Gasteiger partial charge in [-0.25, -0.2) is 9.97 Å². The molecule has 7 heteroatoms. The second kappa shape index (κ2) is 9.52. The molecule has 1 saturated carbocycles. The second-order valence-corrected chi connectivity index (χ2v) is 7.51. The number of hydrogen-bond donors (Lipinski definition) is 2. The van der Waals surface area contributed by atoms with Crippen LogP contribution in [0.2, 0.25) is 0 Å². The molecule has 2 heterocycles. The van der Waals surface area contributed by atoms with Crippen LogP contribution in [0, 0.1) is 6.92 Å². The molecule has 2 N–H and O–H groups in total. The molecule has 1 fully saturated rings. The molecule has 0 spiro atoms. The normalized spacial score (nSPS) is 15.2. The maximum Gasteiger partial charge on any atom is 0.218 e. The summed E-state index contributed by atoms with van der Waals surface area (Å²) in [6.45, 7) is 3.45. The minimum atomic E-state index is 0.308. The van der Waals surface area contributed by atoms with Crippen LogP contribution in [0.5, 0.6) is 5.88 Å². The molecule has 0 atom stereocenters. The van der Waals surface area contributed by atoms with E-state index in [9.17, 15) is 0 Å². The first-order chi connectivity index (χ1) is 12.7. The molecule has 1 aliphatic rings. The first kappa shape index (κ1) is 18.6.